The summed E-state index contributed by atoms with van der Waals surface area (Å²) >= 11 is 1.27. The number of fused-ring (bicyclic) bond motifs is 4. The maximum atomic E-state index is 13.4. The molecule has 4 amide bonds. The van der Waals surface area contributed by atoms with Crippen LogP contribution in [0.2, 0.25) is 0 Å². The first kappa shape index (κ1) is 31.6. The lowest BCUT2D eigenvalue weighted by atomic mass is 10.0. The van der Waals surface area contributed by atoms with E-state index in [1.807, 2.05) is 57.3 Å². The predicted octanol–water partition coefficient (Wildman–Crippen LogP) is 2.83. The van der Waals surface area contributed by atoms with Crippen molar-refractivity contribution in [2.75, 3.05) is 19.6 Å². The van der Waals surface area contributed by atoms with Gasteiger partial charge in [-0.2, -0.15) is 5.10 Å². The first-order valence-electron chi connectivity index (χ1n) is 14.8. The average molecular weight is 633 g/mol. The Hall–Kier alpha value is -4.85. The van der Waals surface area contributed by atoms with Crippen LogP contribution in [0.4, 0.5) is 0 Å². The molecule has 5 rings (SSSR count). The van der Waals surface area contributed by atoms with Crippen molar-refractivity contribution in [3.05, 3.63) is 87.8 Å². The minimum absolute atomic E-state index is 0.0267. The molecule has 4 aromatic rings. The maximum absolute atomic E-state index is 13.4. The standard InChI is InChI=1S/C31H36N8O5S/c1-19(2)27-31-36-24(18-45-31)29(43)34-22(13-21-7-5-4-6-8-21)30-35-23(17-44-30)28(42)32-10-12-38(16-25(40)37-27)26(41)9-11-39-15-20(3)14-33-39/h4-8,14-15,17-19,22,27H,9-13,16H2,1-3H3,(H,32,42)(H,34,43)(H,37,40)/t22-,27-/m0/s1. The van der Waals surface area contributed by atoms with Gasteiger partial charge in [0.1, 0.15) is 23.0 Å². The van der Waals surface area contributed by atoms with Gasteiger partial charge in [0.15, 0.2) is 5.69 Å². The predicted molar refractivity (Wildman–Crippen MR) is 165 cm³/mol. The zero-order valence-corrected chi connectivity index (χ0v) is 26.2. The number of benzene rings is 1. The van der Waals surface area contributed by atoms with E-state index in [2.05, 4.69) is 31.0 Å². The molecular weight excluding hydrogens is 596 g/mol. The molecule has 0 radical (unpaired) electrons. The lowest BCUT2D eigenvalue weighted by molar-refractivity contribution is -0.136. The van der Waals surface area contributed by atoms with Gasteiger partial charge < -0.3 is 25.3 Å². The molecule has 3 N–H and O–H groups in total. The third-order valence-corrected chi connectivity index (χ3v) is 8.24. The van der Waals surface area contributed by atoms with Gasteiger partial charge in [-0.05, 0) is 24.0 Å². The van der Waals surface area contributed by atoms with E-state index in [9.17, 15) is 19.2 Å². The molecule has 1 aliphatic rings. The SMILES string of the molecule is Cc1cnn(CCC(=O)N2CCNC(=O)c3coc(n3)[C@H](Cc3ccccc3)NC(=O)c3csc(n3)[C@H](C(C)C)NC(=O)C2)c1. The van der Waals surface area contributed by atoms with Gasteiger partial charge in [-0.25, -0.2) is 9.97 Å². The van der Waals surface area contributed by atoms with Gasteiger partial charge >= 0.3 is 0 Å². The molecular formula is C31H36N8O5S. The topological polar surface area (TPSA) is 164 Å². The number of hydrogen-bond donors (Lipinski definition) is 3. The van der Waals surface area contributed by atoms with Crippen LogP contribution in [0, 0.1) is 12.8 Å². The normalized spacial score (nSPS) is 18.1. The summed E-state index contributed by atoms with van der Waals surface area (Å²) in [5.41, 5.74) is 2.12. The van der Waals surface area contributed by atoms with Crippen LogP contribution in [-0.2, 0) is 22.6 Å². The minimum atomic E-state index is -0.683. The fourth-order valence-electron chi connectivity index (χ4n) is 4.92. The number of carbonyl (C=O) groups is 4. The highest BCUT2D eigenvalue weighted by Crippen LogP contribution is 2.26. The van der Waals surface area contributed by atoms with E-state index in [-0.39, 0.29) is 61.1 Å². The van der Waals surface area contributed by atoms with Crippen molar-refractivity contribution in [3.8, 4) is 0 Å². The summed E-state index contributed by atoms with van der Waals surface area (Å²) in [4.78, 5) is 63.3. The summed E-state index contributed by atoms with van der Waals surface area (Å²) in [5.74, 6) is -1.47. The van der Waals surface area contributed by atoms with Crippen LogP contribution in [0.3, 0.4) is 0 Å². The Balaban J connectivity index is 1.41. The first-order valence-corrected chi connectivity index (χ1v) is 15.6. The summed E-state index contributed by atoms with van der Waals surface area (Å²) in [7, 11) is 0. The minimum Gasteiger partial charge on any atom is -0.446 e. The average Bonchev–Trinajstić information content (AvgIpc) is 3.79. The van der Waals surface area contributed by atoms with Crippen LogP contribution < -0.4 is 16.0 Å². The molecule has 0 aliphatic carbocycles. The number of aromatic nitrogens is 4. The fraction of sp³-hybridized carbons (Fsp3) is 0.387. The fourth-order valence-corrected chi connectivity index (χ4v) is 5.94. The van der Waals surface area contributed by atoms with E-state index >= 15 is 0 Å². The van der Waals surface area contributed by atoms with Crippen LogP contribution in [0.5, 0.6) is 0 Å². The molecule has 236 valence electrons. The van der Waals surface area contributed by atoms with Crippen molar-refractivity contribution >= 4 is 35.0 Å². The van der Waals surface area contributed by atoms with Gasteiger partial charge in [0.2, 0.25) is 17.7 Å². The van der Waals surface area contributed by atoms with Crippen molar-refractivity contribution in [2.45, 2.75) is 52.2 Å². The van der Waals surface area contributed by atoms with E-state index in [4.69, 9.17) is 4.42 Å². The second-order valence-electron chi connectivity index (χ2n) is 11.2. The summed E-state index contributed by atoms with van der Waals surface area (Å²) in [6.45, 7) is 6.11. The lowest BCUT2D eigenvalue weighted by Crippen LogP contribution is -2.45. The van der Waals surface area contributed by atoms with Crippen LogP contribution >= 0.6 is 11.3 Å². The van der Waals surface area contributed by atoms with Crippen molar-refractivity contribution < 1.29 is 23.6 Å². The number of nitrogens with one attached hydrogen (secondary N) is 3. The first-order chi connectivity index (χ1) is 21.7. The van der Waals surface area contributed by atoms with Crippen LogP contribution in [-0.4, -0.2) is 67.9 Å². The van der Waals surface area contributed by atoms with E-state index in [1.165, 1.54) is 22.5 Å². The van der Waals surface area contributed by atoms with E-state index < -0.39 is 23.9 Å². The van der Waals surface area contributed by atoms with Crippen molar-refractivity contribution in [1.29, 1.82) is 0 Å². The number of carbonyl (C=O) groups excluding carboxylic acids is 4. The maximum Gasteiger partial charge on any atom is 0.273 e. The van der Waals surface area contributed by atoms with E-state index in [1.54, 1.807) is 16.3 Å². The van der Waals surface area contributed by atoms with Crippen LogP contribution in [0.1, 0.15) is 75.4 Å². The molecule has 4 bridgehead atoms. The highest BCUT2D eigenvalue weighted by Gasteiger charge is 2.28. The third kappa shape index (κ3) is 8.20. The highest BCUT2D eigenvalue weighted by molar-refractivity contribution is 7.09. The Morgan fingerprint density at radius 1 is 1.09 bits per heavy atom. The number of amides is 4. The molecule has 0 saturated carbocycles. The summed E-state index contributed by atoms with van der Waals surface area (Å²) in [5, 5.41) is 15.1. The van der Waals surface area contributed by atoms with Crippen molar-refractivity contribution in [3.63, 3.8) is 0 Å². The number of oxazole rings is 1. The molecule has 0 spiro atoms. The zero-order valence-electron chi connectivity index (χ0n) is 25.4. The van der Waals surface area contributed by atoms with E-state index in [0.29, 0.717) is 18.0 Å². The zero-order chi connectivity index (χ0) is 31.9. The van der Waals surface area contributed by atoms with Gasteiger partial charge in [-0.3, -0.25) is 23.9 Å². The molecule has 2 atom stereocenters. The Morgan fingerprint density at radius 3 is 2.62 bits per heavy atom. The molecule has 1 aliphatic heterocycles. The Kier molecular flexibility index (Phi) is 10.0. The monoisotopic (exact) mass is 632 g/mol. The van der Waals surface area contributed by atoms with Gasteiger partial charge in [-0.1, -0.05) is 44.2 Å². The molecule has 0 fully saturated rings. The molecule has 1 aromatic carbocycles. The second kappa shape index (κ2) is 14.3. The third-order valence-electron chi connectivity index (χ3n) is 7.32. The summed E-state index contributed by atoms with van der Waals surface area (Å²) in [6, 6.07) is 8.37. The van der Waals surface area contributed by atoms with Gasteiger partial charge in [0.25, 0.3) is 11.8 Å². The summed E-state index contributed by atoms with van der Waals surface area (Å²) in [6.07, 6.45) is 5.27. The number of thiazole rings is 1. The molecule has 13 nitrogen and oxygen atoms in total. The number of aryl methyl sites for hydroxylation is 2. The number of rotatable bonds is 6. The van der Waals surface area contributed by atoms with Crippen LogP contribution in [0.25, 0.3) is 0 Å². The molecule has 45 heavy (non-hydrogen) atoms. The van der Waals surface area contributed by atoms with Crippen LogP contribution in [0.15, 0.2) is 58.8 Å². The van der Waals surface area contributed by atoms with Gasteiger partial charge in [-0.15, -0.1) is 11.3 Å². The number of nitrogens with zero attached hydrogens (tertiary/aromatic N) is 5. The van der Waals surface area contributed by atoms with E-state index in [0.717, 1.165) is 11.1 Å². The molecule has 4 heterocycles. The molecule has 0 saturated heterocycles. The largest absolute Gasteiger partial charge is 0.446 e. The lowest BCUT2D eigenvalue weighted by Gasteiger charge is -2.25. The Labute approximate surface area is 264 Å². The molecule has 14 heteroatoms. The highest BCUT2D eigenvalue weighted by atomic mass is 32.1. The van der Waals surface area contributed by atoms with Gasteiger partial charge in [0.05, 0.1) is 18.8 Å². The van der Waals surface area contributed by atoms with Gasteiger partial charge in [0, 0.05) is 44.1 Å². The quantitative estimate of drug-likeness (QED) is 0.292. The Morgan fingerprint density at radius 2 is 1.89 bits per heavy atom. The molecule has 0 unspecified atom stereocenters. The second-order valence-corrected chi connectivity index (χ2v) is 12.1. The number of hydrogen-bond acceptors (Lipinski definition) is 9. The smallest absolute Gasteiger partial charge is 0.273 e. The Bertz CT molecular complexity index is 1650. The van der Waals surface area contributed by atoms with Crippen molar-refractivity contribution in [2.24, 2.45) is 5.92 Å². The van der Waals surface area contributed by atoms with Crippen molar-refractivity contribution in [1.82, 2.24) is 40.6 Å². The summed E-state index contributed by atoms with van der Waals surface area (Å²) < 4.78 is 7.36. The molecule has 3 aromatic heterocycles.